The molecule has 0 aromatic carbocycles. The quantitative estimate of drug-likeness (QED) is 0.533. The average Bonchev–Trinajstić information content (AvgIpc) is 2.34. The number of carbonyl (C=O) groups is 2. The number of primary amides is 1. The average molecular weight is 295 g/mol. The van der Waals surface area contributed by atoms with Gasteiger partial charge in [0, 0.05) is 12.1 Å². The SMILES string of the molecule is CCC[C@@H](NC(N)=O)C(=O)NCC(N)(CC)CC.Cl. The summed E-state index contributed by atoms with van der Waals surface area (Å²) in [6.07, 6.45) is 2.91. The zero-order valence-electron chi connectivity index (χ0n) is 12.0. The van der Waals surface area contributed by atoms with Crippen molar-refractivity contribution >= 4 is 24.3 Å². The largest absolute Gasteiger partial charge is 0.352 e. The third-order valence-electron chi connectivity index (χ3n) is 3.23. The zero-order valence-corrected chi connectivity index (χ0v) is 12.8. The van der Waals surface area contributed by atoms with E-state index in [1.807, 2.05) is 20.8 Å². The highest BCUT2D eigenvalue weighted by molar-refractivity contribution is 5.86. The highest BCUT2D eigenvalue weighted by Crippen LogP contribution is 2.09. The lowest BCUT2D eigenvalue weighted by Crippen LogP contribution is -2.54. The molecule has 0 spiro atoms. The van der Waals surface area contributed by atoms with Crippen LogP contribution >= 0.6 is 12.4 Å². The Morgan fingerprint density at radius 1 is 1.21 bits per heavy atom. The maximum atomic E-state index is 11.9. The van der Waals surface area contributed by atoms with Crippen molar-refractivity contribution in [3.05, 3.63) is 0 Å². The van der Waals surface area contributed by atoms with E-state index in [0.717, 1.165) is 19.3 Å². The molecule has 0 heterocycles. The lowest BCUT2D eigenvalue weighted by atomic mass is 9.94. The summed E-state index contributed by atoms with van der Waals surface area (Å²) in [7, 11) is 0. The molecule has 3 amide bonds. The molecule has 0 aromatic heterocycles. The van der Waals surface area contributed by atoms with Crippen molar-refractivity contribution in [2.24, 2.45) is 11.5 Å². The van der Waals surface area contributed by atoms with Gasteiger partial charge in [0.25, 0.3) is 0 Å². The van der Waals surface area contributed by atoms with E-state index in [1.54, 1.807) is 0 Å². The molecule has 0 aliphatic rings. The molecule has 0 aliphatic heterocycles. The van der Waals surface area contributed by atoms with E-state index in [-0.39, 0.29) is 23.9 Å². The molecule has 114 valence electrons. The molecule has 0 saturated heterocycles. The van der Waals surface area contributed by atoms with E-state index in [9.17, 15) is 9.59 Å². The molecule has 0 radical (unpaired) electrons. The summed E-state index contributed by atoms with van der Waals surface area (Å²) < 4.78 is 0. The number of urea groups is 1. The van der Waals surface area contributed by atoms with Crippen molar-refractivity contribution in [1.29, 1.82) is 0 Å². The van der Waals surface area contributed by atoms with Crippen LogP contribution < -0.4 is 22.1 Å². The first-order chi connectivity index (χ1) is 8.38. The Bertz CT molecular complexity index is 283. The highest BCUT2D eigenvalue weighted by Gasteiger charge is 2.24. The fourth-order valence-electron chi connectivity index (χ4n) is 1.62. The summed E-state index contributed by atoms with van der Waals surface area (Å²) in [5.74, 6) is -0.229. The normalized spacial score (nSPS) is 12.2. The Kier molecular flexibility index (Phi) is 10.5. The lowest BCUT2D eigenvalue weighted by molar-refractivity contribution is -0.123. The van der Waals surface area contributed by atoms with Crippen LogP contribution in [0.15, 0.2) is 0 Å². The van der Waals surface area contributed by atoms with Crippen LogP contribution in [0.4, 0.5) is 4.79 Å². The van der Waals surface area contributed by atoms with E-state index < -0.39 is 12.1 Å². The van der Waals surface area contributed by atoms with Gasteiger partial charge in [0.2, 0.25) is 5.91 Å². The van der Waals surface area contributed by atoms with E-state index in [2.05, 4.69) is 10.6 Å². The first-order valence-electron chi connectivity index (χ1n) is 6.51. The van der Waals surface area contributed by atoms with Crippen LogP contribution in [0.1, 0.15) is 46.5 Å². The van der Waals surface area contributed by atoms with E-state index in [4.69, 9.17) is 11.5 Å². The molecule has 0 saturated carbocycles. The first-order valence-corrected chi connectivity index (χ1v) is 6.51. The molecule has 0 rings (SSSR count). The number of nitrogens with two attached hydrogens (primary N) is 2. The van der Waals surface area contributed by atoms with Gasteiger partial charge < -0.3 is 22.1 Å². The minimum absolute atomic E-state index is 0. The summed E-state index contributed by atoms with van der Waals surface area (Å²) in [5, 5.41) is 5.22. The van der Waals surface area contributed by atoms with Gasteiger partial charge in [0.1, 0.15) is 6.04 Å². The molecular weight excluding hydrogens is 268 g/mol. The van der Waals surface area contributed by atoms with Gasteiger partial charge in [-0.05, 0) is 19.3 Å². The minimum atomic E-state index is -0.686. The van der Waals surface area contributed by atoms with Crippen LogP contribution in [0.5, 0.6) is 0 Å². The second-order valence-corrected chi connectivity index (χ2v) is 4.64. The smallest absolute Gasteiger partial charge is 0.312 e. The van der Waals surface area contributed by atoms with Crippen molar-refractivity contribution in [2.45, 2.75) is 58.0 Å². The number of carbonyl (C=O) groups excluding carboxylic acids is 2. The van der Waals surface area contributed by atoms with Crippen LogP contribution in [-0.4, -0.2) is 30.1 Å². The third-order valence-corrected chi connectivity index (χ3v) is 3.23. The van der Waals surface area contributed by atoms with Gasteiger partial charge in [-0.15, -0.1) is 12.4 Å². The number of hydrogen-bond acceptors (Lipinski definition) is 3. The maximum Gasteiger partial charge on any atom is 0.312 e. The Labute approximate surface area is 121 Å². The maximum absolute atomic E-state index is 11.9. The number of amides is 3. The summed E-state index contributed by atoms with van der Waals surface area (Å²) in [5.41, 5.74) is 10.7. The zero-order chi connectivity index (χ0) is 14.2. The lowest BCUT2D eigenvalue weighted by Gasteiger charge is -2.28. The molecule has 0 unspecified atom stereocenters. The molecule has 0 aromatic rings. The van der Waals surface area contributed by atoms with Crippen molar-refractivity contribution < 1.29 is 9.59 Å². The fraction of sp³-hybridized carbons (Fsp3) is 0.833. The fourth-order valence-corrected chi connectivity index (χ4v) is 1.62. The Balaban J connectivity index is 0. The van der Waals surface area contributed by atoms with Gasteiger partial charge in [-0.1, -0.05) is 27.2 Å². The summed E-state index contributed by atoms with van der Waals surface area (Å²) in [6, 6.07) is -1.26. The summed E-state index contributed by atoms with van der Waals surface area (Å²) in [6.45, 7) is 6.31. The highest BCUT2D eigenvalue weighted by atomic mass is 35.5. The number of rotatable bonds is 8. The number of halogens is 1. The standard InChI is InChI=1S/C12H26N4O2.ClH/c1-4-7-9(16-11(13)18)10(17)15-8-12(14,5-2)6-3;/h9H,4-8,14H2,1-3H3,(H,15,17)(H3,13,16,18);1H/t9-;/m1./s1. The molecule has 19 heavy (non-hydrogen) atoms. The van der Waals surface area contributed by atoms with Gasteiger partial charge >= 0.3 is 6.03 Å². The predicted molar refractivity (Wildman–Crippen MR) is 79.2 cm³/mol. The summed E-state index contributed by atoms with van der Waals surface area (Å²) in [4.78, 5) is 22.7. The molecule has 6 N–H and O–H groups in total. The summed E-state index contributed by atoms with van der Waals surface area (Å²) >= 11 is 0. The molecule has 6 nitrogen and oxygen atoms in total. The number of nitrogens with one attached hydrogen (secondary N) is 2. The second-order valence-electron chi connectivity index (χ2n) is 4.64. The minimum Gasteiger partial charge on any atom is -0.352 e. The molecule has 0 aliphatic carbocycles. The topological polar surface area (TPSA) is 110 Å². The van der Waals surface area contributed by atoms with E-state index >= 15 is 0 Å². The van der Waals surface area contributed by atoms with Crippen molar-refractivity contribution in [3.63, 3.8) is 0 Å². The number of hydrogen-bond donors (Lipinski definition) is 4. The van der Waals surface area contributed by atoms with Crippen LogP contribution in [-0.2, 0) is 4.79 Å². The predicted octanol–water partition coefficient (Wildman–Crippen LogP) is 0.879. The van der Waals surface area contributed by atoms with E-state index in [0.29, 0.717) is 13.0 Å². The molecular formula is C12H27ClN4O2. The van der Waals surface area contributed by atoms with Gasteiger partial charge in [-0.2, -0.15) is 0 Å². The van der Waals surface area contributed by atoms with E-state index in [1.165, 1.54) is 0 Å². The van der Waals surface area contributed by atoms with Gasteiger partial charge in [-0.25, -0.2) is 4.79 Å². The van der Waals surface area contributed by atoms with Gasteiger partial charge in [-0.3, -0.25) is 4.79 Å². The van der Waals surface area contributed by atoms with Crippen LogP contribution in [0.25, 0.3) is 0 Å². The third kappa shape index (κ3) is 7.89. The molecule has 7 heteroatoms. The van der Waals surface area contributed by atoms with Gasteiger partial charge in [0.15, 0.2) is 0 Å². The molecule has 0 fully saturated rings. The van der Waals surface area contributed by atoms with Crippen LogP contribution in [0.3, 0.4) is 0 Å². The Hall–Kier alpha value is -1.01. The monoisotopic (exact) mass is 294 g/mol. The second kappa shape index (κ2) is 9.86. The van der Waals surface area contributed by atoms with Crippen LogP contribution in [0.2, 0.25) is 0 Å². The van der Waals surface area contributed by atoms with Crippen LogP contribution in [0, 0.1) is 0 Å². The van der Waals surface area contributed by atoms with Crippen molar-refractivity contribution in [3.8, 4) is 0 Å². The Morgan fingerprint density at radius 3 is 2.11 bits per heavy atom. The van der Waals surface area contributed by atoms with Crippen molar-refractivity contribution in [1.82, 2.24) is 10.6 Å². The first kappa shape index (κ1) is 20.3. The van der Waals surface area contributed by atoms with Gasteiger partial charge in [0.05, 0.1) is 0 Å². The Morgan fingerprint density at radius 2 is 1.74 bits per heavy atom. The molecule has 0 bridgehead atoms. The molecule has 1 atom stereocenters. The van der Waals surface area contributed by atoms with Crippen molar-refractivity contribution in [2.75, 3.05) is 6.54 Å².